The van der Waals surface area contributed by atoms with E-state index in [1.54, 1.807) is 23.1 Å². The van der Waals surface area contributed by atoms with Gasteiger partial charge < -0.3 is 9.64 Å². The Bertz CT molecular complexity index is 1030. The van der Waals surface area contributed by atoms with E-state index in [2.05, 4.69) is 18.6 Å². The molecule has 2 aromatic carbocycles. The van der Waals surface area contributed by atoms with E-state index >= 15 is 0 Å². The Balaban J connectivity index is 1.92. The number of carbonyl (C=O) groups excluding carboxylic acids is 1. The molecule has 6 nitrogen and oxygen atoms in total. The lowest BCUT2D eigenvalue weighted by Crippen LogP contribution is -2.42. The van der Waals surface area contributed by atoms with Crippen LogP contribution in [-0.4, -0.2) is 27.5 Å². The van der Waals surface area contributed by atoms with E-state index in [9.17, 15) is 13.2 Å². The van der Waals surface area contributed by atoms with Gasteiger partial charge in [-0.05, 0) is 62.6 Å². The van der Waals surface area contributed by atoms with Crippen molar-refractivity contribution in [3.8, 4) is 5.75 Å². The largest absolute Gasteiger partial charge is 0.490 e. The van der Waals surface area contributed by atoms with Crippen molar-refractivity contribution in [2.75, 3.05) is 22.8 Å². The number of carbonyl (C=O) groups is 1. The van der Waals surface area contributed by atoms with Crippen LogP contribution in [-0.2, 0) is 14.8 Å². The normalized spacial score (nSPS) is 16.1. The first-order valence-electron chi connectivity index (χ1n) is 9.87. The van der Waals surface area contributed by atoms with Crippen molar-refractivity contribution in [2.24, 2.45) is 11.3 Å². The Morgan fingerprint density at radius 2 is 1.83 bits per heavy atom. The second-order valence-corrected chi connectivity index (χ2v) is 10.7. The number of benzene rings is 2. The first-order valence-corrected chi connectivity index (χ1v) is 11.7. The van der Waals surface area contributed by atoms with Crippen molar-refractivity contribution in [1.29, 1.82) is 0 Å². The number of amides is 1. The fourth-order valence-electron chi connectivity index (χ4n) is 3.15. The molecule has 1 amide bonds. The number of rotatable bonds is 6. The maximum absolute atomic E-state index is 13.1. The molecule has 2 aromatic rings. The third-order valence-corrected chi connectivity index (χ3v) is 6.62. The summed E-state index contributed by atoms with van der Waals surface area (Å²) in [6, 6.07) is 10.9. The Hall–Kier alpha value is -2.25. The zero-order valence-electron chi connectivity index (χ0n) is 17.6. The highest BCUT2D eigenvalue weighted by Crippen LogP contribution is 2.39. The molecule has 8 heteroatoms. The van der Waals surface area contributed by atoms with Gasteiger partial charge in [-0.3, -0.25) is 9.52 Å². The zero-order valence-corrected chi connectivity index (χ0v) is 19.2. The summed E-state index contributed by atoms with van der Waals surface area (Å²) in [5, 5.41) is 0.459. The Morgan fingerprint density at radius 3 is 2.47 bits per heavy atom. The quantitative estimate of drug-likeness (QED) is 0.676. The molecule has 1 N–H and O–H groups in total. The molecule has 0 spiro atoms. The number of fused-ring (bicyclic) bond motifs is 1. The Kier molecular flexibility index (Phi) is 6.34. The van der Waals surface area contributed by atoms with Crippen molar-refractivity contribution < 1.29 is 17.9 Å². The highest BCUT2D eigenvalue weighted by Gasteiger charge is 2.37. The SMILES string of the molecule is CC(C)CCN1C(=O)C(C)(C)COc2cc(NS(=O)(=O)c3ccc(Cl)cc3)ccc21. The van der Waals surface area contributed by atoms with Gasteiger partial charge in [0.2, 0.25) is 5.91 Å². The summed E-state index contributed by atoms with van der Waals surface area (Å²) in [5.74, 6) is 0.921. The zero-order chi connectivity index (χ0) is 22.1. The molecule has 0 saturated heterocycles. The van der Waals surface area contributed by atoms with E-state index in [-0.39, 0.29) is 17.4 Å². The average Bonchev–Trinajstić information content (AvgIpc) is 2.75. The fourth-order valence-corrected chi connectivity index (χ4v) is 4.32. The number of sulfonamides is 1. The lowest BCUT2D eigenvalue weighted by atomic mass is 9.92. The van der Waals surface area contributed by atoms with Crippen LogP contribution in [0.3, 0.4) is 0 Å². The standard InChI is InChI=1S/C22H27ClN2O4S/c1-15(2)11-12-25-19-10-7-17(13-20(19)29-14-22(3,4)21(25)26)24-30(27,28)18-8-5-16(23)6-9-18/h5-10,13,15,24H,11-12,14H2,1-4H3. The van der Waals surface area contributed by atoms with Gasteiger partial charge in [0.1, 0.15) is 12.4 Å². The first-order chi connectivity index (χ1) is 14.0. The van der Waals surface area contributed by atoms with Gasteiger partial charge in [0, 0.05) is 17.6 Å². The molecular formula is C22H27ClN2O4S. The van der Waals surface area contributed by atoms with Crippen LogP contribution in [0.5, 0.6) is 5.75 Å². The number of anilines is 2. The van der Waals surface area contributed by atoms with Crippen molar-refractivity contribution in [2.45, 2.75) is 39.0 Å². The number of ether oxygens (including phenoxy) is 1. The molecule has 1 aliphatic rings. The lowest BCUT2D eigenvalue weighted by molar-refractivity contribution is -0.127. The number of hydrogen-bond acceptors (Lipinski definition) is 4. The van der Waals surface area contributed by atoms with E-state index in [0.717, 1.165) is 6.42 Å². The molecule has 1 aliphatic heterocycles. The molecule has 0 saturated carbocycles. The van der Waals surface area contributed by atoms with Crippen LogP contribution in [0.4, 0.5) is 11.4 Å². The summed E-state index contributed by atoms with van der Waals surface area (Å²) in [6.07, 6.45) is 0.853. The molecule has 3 rings (SSSR count). The number of nitrogens with one attached hydrogen (secondary N) is 1. The maximum Gasteiger partial charge on any atom is 0.261 e. The summed E-state index contributed by atoms with van der Waals surface area (Å²) in [5.41, 5.74) is 0.333. The van der Waals surface area contributed by atoms with E-state index in [0.29, 0.717) is 34.6 Å². The smallest absolute Gasteiger partial charge is 0.261 e. The molecule has 0 atom stereocenters. The predicted octanol–water partition coefficient (Wildman–Crippen LogP) is 4.94. The summed E-state index contributed by atoms with van der Waals surface area (Å²) >= 11 is 5.85. The molecule has 0 bridgehead atoms. The van der Waals surface area contributed by atoms with Gasteiger partial charge in [-0.1, -0.05) is 25.4 Å². The van der Waals surface area contributed by atoms with Gasteiger partial charge >= 0.3 is 0 Å². The third-order valence-electron chi connectivity index (χ3n) is 4.97. The fraction of sp³-hybridized carbons (Fsp3) is 0.409. The summed E-state index contributed by atoms with van der Waals surface area (Å²) in [6.45, 7) is 8.72. The van der Waals surface area contributed by atoms with Crippen LogP contribution in [0.1, 0.15) is 34.1 Å². The van der Waals surface area contributed by atoms with Crippen LogP contribution in [0, 0.1) is 11.3 Å². The maximum atomic E-state index is 13.1. The summed E-state index contributed by atoms with van der Waals surface area (Å²) in [4.78, 5) is 15.0. The van der Waals surface area contributed by atoms with Crippen LogP contribution in [0.25, 0.3) is 0 Å². The number of halogens is 1. The molecule has 0 aromatic heterocycles. The topological polar surface area (TPSA) is 75.7 Å². The van der Waals surface area contributed by atoms with Gasteiger partial charge in [-0.2, -0.15) is 0 Å². The summed E-state index contributed by atoms with van der Waals surface area (Å²) in [7, 11) is -3.78. The van der Waals surface area contributed by atoms with E-state index in [1.165, 1.54) is 24.3 Å². The third kappa shape index (κ3) is 4.90. The monoisotopic (exact) mass is 450 g/mol. The van der Waals surface area contributed by atoms with Crippen LogP contribution in [0.2, 0.25) is 5.02 Å². The predicted molar refractivity (Wildman–Crippen MR) is 120 cm³/mol. The summed E-state index contributed by atoms with van der Waals surface area (Å²) < 4.78 is 33.9. The molecule has 0 fully saturated rings. The minimum absolute atomic E-state index is 0.00334. The van der Waals surface area contributed by atoms with Crippen molar-refractivity contribution in [3.63, 3.8) is 0 Å². The van der Waals surface area contributed by atoms with Crippen molar-refractivity contribution in [1.82, 2.24) is 0 Å². The Morgan fingerprint density at radius 1 is 1.17 bits per heavy atom. The lowest BCUT2D eigenvalue weighted by Gasteiger charge is -2.28. The Labute approximate surface area is 183 Å². The molecular weight excluding hydrogens is 424 g/mol. The van der Waals surface area contributed by atoms with Gasteiger partial charge in [-0.15, -0.1) is 0 Å². The van der Waals surface area contributed by atoms with Gasteiger partial charge in [-0.25, -0.2) is 8.42 Å². The van der Waals surface area contributed by atoms with E-state index in [1.807, 2.05) is 13.8 Å². The highest BCUT2D eigenvalue weighted by atomic mass is 35.5. The number of hydrogen-bond donors (Lipinski definition) is 1. The van der Waals surface area contributed by atoms with E-state index in [4.69, 9.17) is 16.3 Å². The van der Waals surface area contributed by atoms with Gasteiger partial charge in [0.15, 0.2) is 0 Å². The molecule has 1 heterocycles. The van der Waals surface area contributed by atoms with Gasteiger partial charge in [0.05, 0.1) is 21.7 Å². The minimum Gasteiger partial charge on any atom is -0.490 e. The van der Waals surface area contributed by atoms with Crippen LogP contribution < -0.4 is 14.4 Å². The second kappa shape index (κ2) is 8.47. The van der Waals surface area contributed by atoms with Gasteiger partial charge in [0.25, 0.3) is 10.0 Å². The van der Waals surface area contributed by atoms with Crippen LogP contribution in [0.15, 0.2) is 47.4 Å². The average molecular weight is 451 g/mol. The first kappa shape index (κ1) is 22.4. The number of nitrogens with zero attached hydrogens (tertiary/aromatic N) is 1. The highest BCUT2D eigenvalue weighted by molar-refractivity contribution is 7.92. The molecule has 0 radical (unpaired) electrons. The molecule has 30 heavy (non-hydrogen) atoms. The molecule has 162 valence electrons. The van der Waals surface area contributed by atoms with Crippen LogP contribution >= 0.6 is 11.6 Å². The molecule has 0 aliphatic carbocycles. The van der Waals surface area contributed by atoms with Crippen molar-refractivity contribution in [3.05, 3.63) is 47.5 Å². The van der Waals surface area contributed by atoms with E-state index < -0.39 is 15.4 Å². The second-order valence-electron chi connectivity index (χ2n) is 8.55. The minimum atomic E-state index is -3.78. The molecule has 0 unspecified atom stereocenters. The van der Waals surface area contributed by atoms with Crippen molar-refractivity contribution >= 4 is 38.9 Å².